The van der Waals surface area contributed by atoms with Crippen molar-refractivity contribution >= 4 is 23.5 Å². The van der Waals surface area contributed by atoms with Gasteiger partial charge in [-0.3, -0.25) is 4.79 Å². The maximum absolute atomic E-state index is 11.5. The summed E-state index contributed by atoms with van der Waals surface area (Å²) in [6.45, 7) is 6.66. The van der Waals surface area contributed by atoms with Gasteiger partial charge >= 0.3 is 0 Å². The molecule has 1 aromatic rings. The molecule has 0 spiro atoms. The molecule has 5 nitrogen and oxygen atoms in total. The van der Waals surface area contributed by atoms with Crippen LogP contribution in [0.2, 0.25) is 5.02 Å². The molecule has 0 aliphatic carbocycles. The Morgan fingerprint density at radius 3 is 2.45 bits per heavy atom. The van der Waals surface area contributed by atoms with E-state index in [-0.39, 0.29) is 5.91 Å². The predicted octanol–water partition coefficient (Wildman–Crippen LogP) is 2.31. The zero-order chi connectivity index (χ0) is 16.2. The number of carbonyl (C=O) groups is 1. The topological polar surface area (TPSA) is 65.5 Å². The molecule has 122 valence electrons. The Bertz CT molecular complexity index is 474. The fourth-order valence-electron chi connectivity index (χ4n) is 1.75. The number of rotatable bonds is 8. The van der Waals surface area contributed by atoms with Gasteiger partial charge in [-0.2, -0.15) is 0 Å². The van der Waals surface area contributed by atoms with Gasteiger partial charge in [0.05, 0.1) is 6.54 Å². The van der Waals surface area contributed by atoms with Gasteiger partial charge < -0.3 is 16.0 Å². The number of nitrogens with one attached hydrogen (secondary N) is 3. The van der Waals surface area contributed by atoms with Crippen LogP contribution < -0.4 is 16.0 Å². The zero-order valence-electron chi connectivity index (χ0n) is 13.3. The molecular formula is C16H25ClN4O. The molecule has 0 fully saturated rings. The SMILES string of the molecule is CCCNC(=O)CCNC(=NCc1ccc(Cl)cc1)NCC. The van der Waals surface area contributed by atoms with Crippen LogP contribution in [-0.2, 0) is 11.3 Å². The van der Waals surface area contributed by atoms with Gasteiger partial charge in [0, 0.05) is 31.1 Å². The largest absolute Gasteiger partial charge is 0.357 e. The lowest BCUT2D eigenvalue weighted by atomic mass is 10.2. The number of guanidine groups is 1. The minimum absolute atomic E-state index is 0.0582. The van der Waals surface area contributed by atoms with Crippen molar-refractivity contribution in [1.82, 2.24) is 16.0 Å². The maximum Gasteiger partial charge on any atom is 0.221 e. The summed E-state index contributed by atoms with van der Waals surface area (Å²) in [5.74, 6) is 0.767. The number of halogens is 1. The Labute approximate surface area is 137 Å². The summed E-state index contributed by atoms with van der Waals surface area (Å²) < 4.78 is 0. The van der Waals surface area contributed by atoms with Crippen LogP contribution in [0, 0.1) is 0 Å². The second-order valence-electron chi connectivity index (χ2n) is 4.85. The van der Waals surface area contributed by atoms with Crippen molar-refractivity contribution in [3.8, 4) is 0 Å². The molecular weight excluding hydrogens is 300 g/mol. The van der Waals surface area contributed by atoms with Crippen molar-refractivity contribution < 1.29 is 4.79 Å². The van der Waals surface area contributed by atoms with Crippen LogP contribution >= 0.6 is 11.6 Å². The lowest BCUT2D eigenvalue weighted by Crippen LogP contribution is -2.39. The molecule has 0 aliphatic heterocycles. The van der Waals surface area contributed by atoms with Crippen LogP contribution in [0.1, 0.15) is 32.3 Å². The van der Waals surface area contributed by atoms with E-state index in [1.807, 2.05) is 38.1 Å². The smallest absolute Gasteiger partial charge is 0.221 e. The van der Waals surface area contributed by atoms with Gasteiger partial charge in [0.25, 0.3) is 0 Å². The van der Waals surface area contributed by atoms with Crippen LogP contribution in [0.15, 0.2) is 29.3 Å². The molecule has 0 radical (unpaired) electrons. The Morgan fingerprint density at radius 1 is 1.09 bits per heavy atom. The summed E-state index contributed by atoms with van der Waals surface area (Å²) in [6.07, 6.45) is 1.38. The molecule has 0 unspecified atom stereocenters. The van der Waals surface area contributed by atoms with Crippen molar-refractivity contribution in [2.24, 2.45) is 4.99 Å². The zero-order valence-corrected chi connectivity index (χ0v) is 14.0. The van der Waals surface area contributed by atoms with Crippen molar-refractivity contribution in [2.75, 3.05) is 19.6 Å². The fraction of sp³-hybridized carbons (Fsp3) is 0.500. The molecule has 0 bridgehead atoms. The van der Waals surface area contributed by atoms with E-state index in [4.69, 9.17) is 11.6 Å². The Kier molecular flexibility index (Phi) is 9.07. The number of benzene rings is 1. The van der Waals surface area contributed by atoms with Gasteiger partial charge in [-0.1, -0.05) is 30.7 Å². The monoisotopic (exact) mass is 324 g/mol. The van der Waals surface area contributed by atoms with Crippen LogP contribution in [0.25, 0.3) is 0 Å². The van der Waals surface area contributed by atoms with Crippen LogP contribution in [0.3, 0.4) is 0 Å². The normalized spacial score (nSPS) is 11.1. The van der Waals surface area contributed by atoms with Crippen molar-refractivity contribution in [1.29, 1.82) is 0 Å². The van der Waals surface area contributed by atoms with Crippen molar-refractivity contribution in [3.05, 3.63) is 34.9 Å². The van der Waals surface area contributed by atoms with Crippen molar-refractivity contribution in [2.45, 2.75) is 33.2 Å². The number of amides is 1. The first kappa shape index (κ1) is 18.3. The standard InChI is InChI=1S/C16H25ClN4O/c1-3-10-19-15(22)9-11-20-16(18-4-2)21-12-13-5-7-14(17)8-6-13/h5-8H,3-4,9-12H2,1-2H3,(H,19,22)(H2,18,20,21). The highest BCUT2D eigenvalue weighted by atomic mass is 35.5. The molecule has 3 N–H and O–H groups in total. The molecule has 6 heteroatoms. The Hall–Kier alpha value is -1.75. The van der Waals surface area contributed by atoms with Crippen LogP contribution in [-0.4, -0.2) is 31.5 Å². The Balaban J connectivity index is 2.41. The van der Waals surface area contributed by atoms with Gasteiger partial charge in [-0.15, -0.1) is 0 Å². The summed E-state index contributed by atoms with van der Waals surface area (Å²) in [5.41, 5.74) is 1.09. The van der Waals surface area contributed by atoms with E-state index in [2.05, 4.69) is 20.9 Å². The first-order valence-corrected chi connectivity index (χ1v) is 8.06. The van der Waals surface area contributed by atoms with Gasteiger partial charge in [0.1, 0.15) is 0 Å². The molecule has 1 rings (SSSR count). The molecule has 1 aromatic carbocycles. The van der Waals surface area contributed by atoms with Crippen molar-refractivity contribution in [3.63, 3.8) is 0 Å². The number of hydrogen-bond acceptors (Lipinski definition) is 2. The molecule has 0 saturated carbocycles. The van der Waals surface area contributed by atoms with E-state index >= 15 is 0 Å². The average Bonchev–Trinajstić information content (AvgIpc) is 2.52. The molecule has 0 saturated heterocycles. The lowest BCUT2D eigenvalue weighted by molar-refractivity contribution is -0.120. The van der Waals surface area contributed by atoms with E-state index in [0.29, 0.717) is 25.5 Å². The summed E-state index contributed by atoms with van der Waals surface area (Å²) in [6, 6.07) is 7.61. The highest BCUT2D eigenvalue weighted by Gasteiger charge is 2.02. The fourth-order valence-corrected chi connectivity index (χ4v) is 1.88. The van der Waals surface area contributed by atoms with Gasteiger partial charge in [-0.25, -0.2) is 4.99 Å². The highest BCUT2D eigenvalue weighted by molar-refractivity contribution is 6.30. The first-order chi connectivity index (χ1) is 10.7. The number of carbonyl (C=O) groups excluding carboxylic acids is 1. The second kappa shape index (κ2) is 10.9. The van der Waals surface area contributed by atoms with Gasteiger partial charge in [-0.05, 0) is 31.0 Å². The number of hydrogen-bond donors (Lipinski definition) is 3. The van der Waals surface area contributed by atoms with E-state index in [0.717, 1.165) is 30.1 Å². The molecule has 22 heavy (non-hydrogen) atoms. The van der Waals surface area contributed by atoms with E-state index < -0.39 is 0 Å². The third-order valence-electron chi connectivity index (χ3n) is 2.89. The average molecular weight is 325 g/mol. The minimum atomic E-state index is 0.0582. The van der Waals surface area contributed by atoms with Gasteiger partial charge in [0.2, 0.25) is 5.91 Å². The molecule has 0 aliphatic rings. The lowest BCUT2D eigenvalue weighted by Gasteiger charge is -2.11. The summed E-state index contributed by atoms with van der Waals surface area (Å²) in [5, 5.41) is 9.89. The van der Waals surface area contributed by atoms with Crippen LogP contribution in [0.5, 0.6) is 0 Å². The van der Waals surface area contributed by atoms with E-state index in [9.17, 15) is 4.79 Å². The number of nitrogens with zero attached hydrogens (tertiary/aromatic N) is 1. The third-order valence-corrected chi connectivity index (χ3v) is 3.15. The molecule has 0 aromatic heterocycles. The predicted molar refractivity (Wildman–Crippen MR) is 92.2 cm³/mol. The quantitative estimate of drug-likeness (QED) is 0.508. The van der Waals surface area contributed by atoms with E-state index in [1.165, 1.54) is 0 Å². The maximum atomic E-state index is 11.5. The Morgan fingerprint density at radius 2 is 1.82 bits per heavy atom. The molecule has 1 amide bonds. The van der Waals surface area contributed by atoms with Gasteiger partial charge in [0.15, 0.2) is 5.96 Å². The summed E-state index contributed by atoms with van der Waals surface area (Å²) in [7, 11) is 0. The molecule has 0 heterocycles. The summed E-state index contributed by atoms with van der Waals surface area (Å²) in [4.78, 5) is 16.0. The summed E-state index contributed by atoms with van der Waals surface area (Å²) >= 11 is 5.86. The molecule has 0 atom stereocenters. The second-order valence-corrected chi connectivity index (χ2v) is 5.28. The minimum Gasteiger partial charge on any atom is -0.357 e. The third kappa shape index (κ3) is 7.88. The van der Waals surface area contributed by atoms with Crippen LogP contribution in [0.4, 0.5) is 0 Å². The van der Waals surface area contributed by atoms with E-state index in [1.54, 1.807) is 0 Å². The number of aliphatic imine (C=N–C) groups is 1. The highest BCUT2D eigenvalue weighted by Crippen LogP contribution is 2.09. The first-order valence-electron chi connectivity index (χ1n) is 7.69.